The standard InChI is InChI=1S/C15H19NO5/c1-19-9-13-7-14(21-11-17)16(8-13)15(18)20-10-12-5-3-2-4-6-12/h2-6,11,13-14H,7-10H2,1H3/t13-,14+/m0/s1. The van der Waals surface area contributed by atoms with Gasteiger partial charge >= 0.3 is 6.09 Å². The molecule has 1 aliphatic rings. The van der Waals surface area contributed by atoms with E-state index in [9.17, 15) is 9.59 Å². The lowest BCUT2D eigenvalue weighted by Crippen LogP contribution is -2.37. The van der Waals surface area contributed by atoms with Gasteiger partial charge in [0.2, 0.25) is 0 Å². The lowest BCUT2D eigenvalue weighted by atomic mass is 10.1. The third kappa shape index (κ3) is 4.19. The lowest BCUT2D eigenvalue weighted by molar-refractivity contribution is -0.139. The van der Waals surface area contributed by atoms with Gasteiger partial charge in [-0.2, -0.15) is 0 Å². The molecule has 21 heavy (non-hydrogen) atoms. The monoisotopic (exact) mass is 293 g/mol. The van der Waals surface area contributed by atoms with Crippen molar-refractivity contribution in [1.29, 1.82) is 0 Å². The van der Waals surface area contributed by atoms with Gasteiger partial charge in [-0.15, -0.1) is 0 Å². The Morgan fingerprint density at radius 3 is 2.81 bits per heavy atom. The van der Waals surface area contributed by atoms with Crippen molar-refractivity contribution in [3.8, 4) is 0 Å². The van der Waals surface area contributed by atoms with Crippen LogP contribution in [-0.4, -0.2) is 44.0 Å². The predicted octanol–water partition coefficient (Wildman–Crippen LogP) is 1.79. The number of benzene rings is 1. The minimum absolute atomic E-state index is 0.143. The SMILES string of the molecule is COC[C@H]1C[C@@H](OC=O)N(C(=O)OCc2ccccc2)C1. The summed E-state index contributed by atoms with van der Waals surface area (Å²) in [5.41, 5.74) is 0.909. The number of rotatable bonds is 6. The number of methoxy groups -OCH3 is 1. The number of carbonyl (C=O) groups is 2. The topological polar surface area (TPSA) is 65.1 Å². The van der Waals surface area contributed by atoms with Crippen molar-refractivity contribution >= 4 is 12.6 Å². The van der Waals surface area contributed by atoms with Crippen molar-refractivity contribution in [3.05, 3.63) is 35.9 Å². The number of ether oxygens (including phenoxy) is 3. The molecular formula is C15H19NO5. The summed E-state index contributed by atoms with van der Waals surface area (Å²) in [6, 6.07) is 9.42. The molecule has 1 amide bonds. The van der Waals surface area contributed by atoms with E-state index in [0.717, 1.165) is 5.56 Å². The van der Waals surface area contributed by atoms with Gasteiger partial charge < -0.3 is 14.2 Å². The Morgan fingerprint density at radius 1 is 1.38 bits per heavy atom. The van der Waals surface area contributed by atoms with Crippen LogP contribution in [0, 0.1) is 5.92 Å². The van der Waals surface area contributed by atoms with E-state index in [2.05, 4.69) is 0 Å². The Labute approximate surface area is 123 Å². The van der Waals surface area contributed by atoms with Gasteiger partial charge in [-0.3, -0.25) is 9.69 Å². The molecule has 1 aliphatic heterocycles. The zero-order valence-corrected chi connectivity index (χ0v) is 11.9. The molecule has 114 valence electrons. The molecule has 0 aromatic heterocycles. The average Bonchev–Trinajstić information content (AvgIpc) is 2.89. The fourth-order valence-electron chi connectivity index (χ4n) is 2.43. The van der Waals surface area contributed by atoms with Crippen molar-refractivity contribution in [3.63, 3.8) is 0 Å². The first-order chi connectivity index (χ1) is 10.2. The molecule has 2 atom stereocenters. The highest BCUT2D eigenvalue weighted by atomic mass is 16.6. The maximum Gasteiger partial charge on any atom is 0.413 e. The van der Waals surface area contributed by atoms with Crippen molar-refractivity contribution in [2.75, 3.05) is 20.3 Å². The summed E-state index contributed by atoms with van der Waals surface area (Å²) in [4.78, 5) is 24.1. The second-order valence-corrected chi connectivity index (χ2v) is 4.94. The van der Waals surface area contributed by atoms with Gasteiger partial charge in [-0.1, -0.05) is 30.3 Å². The molecule has 1 aromatic carbocycles. The average molecular weight is 293 g/mol. The number of likely N-dealkylation sites (tertiary alicyclic amines) is 1. The summed E-state index contributed by atoms with van der Waals surface area (Å²) in [6.07, 6.45) is -0.497. The molecule has 0 aliphatic carbocycles. The van der Waals surface area contributed by atoms with Crippen molar-refractivity contribution in [2.24, 2.45) is 5.92 Å². The first-order valence-corrected chi connectivity index (χ1v) is 6.80. The van der Waals surface area contributed by atoms with Gasteiger partial charge in [0.15, 0.2) is 6.23 Å². The van der Waals surface area contributed by atoms with E-state index in [4.69, 9.17) is 14.2 Å². The van der Waals surface area contributed by atoms with Crippen LogP contribution in [0.1, 0.15) is 12.0 Å². The zero-order chi connectivity index (χ0) is 15.1. The van der Waals surface area contributed by atoms with E-state index >= 15 is 0 Å². The molecule has 1 heterocycles. The van der Waals surface area contributed by atoms with Crippen LogP contribution in [0.4, 0.5) is 4.79 Å². The molecule has 1 fully saturated rings. The predicted molar refractivity (Wildman–Crippen MR) is 74.3 cm³/mol. The van der Waals surface area contributed by atoms with E-state index in [1.807, 2.05) is 30.3 Å². The summed E-state index contributed by atoms with van der Waals surface area (Å²) in [7, 11) is 1.60. The highest BCUT2D eigenvalue weighted by Crippen LogP contribution is 2.25. The number of hydrogen-bond donors (Lipinski definition) is 0. The quantitative estimate of drug-likeness (QED) is 0.748. The van der Waals surface area contributed by atoms with Gasteiger partial charge in [0.25, 0.3) is 6.47 Å². The van der Waals surface area contributed by atoms with E-state index in [0.29, 0.717) is 26.0 Å². The molecule has 1 saturated heterocycles. The van der Waals surface area contributed by atoms with E-state index in [1.54, 1.807) is 7.11 Å². The van der Waals surface area contributed by atoms with E-state index in [-0.39, 0.29) is 12.5 Å². The molecule has 0 radical (unpaired) electrons. The van der Waals surface area contributed by atoms with Gasteiger partial charge in [0, 0.05) is 26.0 Å². The number of amides is 1. The molecule has 6 nitrogen and oxygen atoms in total. The minimum Gasteiger partial charge on any atom is -0.444 e. The molecule has 0 saturated carbocycles. The Kier molecular flexibility index (Phi) is 5.57. The zero-order valence-electron chi connectivity index (χ0n) is 11.9. The van der Waals surface area contributed by atoms with Crippen LogP contribution >= 0.6 is 0 Å². The third-order valence-corrected chi connectivity index (χ3v) is 3.39. The Balaban J connectivity index is 1.91. The van der Waals surface area contributed by atoms with Gasteiger partial charge in [-0.25, -0.2) is 4.79 Å². The molecule has 2 rings (SSSR count). The summed E-state index contributed by atoms with van der Waals surface area (Å²) in [5, 5.41) is 0. The van der Waals surface area contributed by atoms with Crippen molar-refractivity contribution < 1.29 is 23.8 Å². The van der Waals surface area contributed by atoms with Crippen LogP contribution in [0.2, 0.25) is 0 Å². The highest BCUT2D eigenvalue weighted by molar-refractivity contribution is 5.68. The Bertz CT molecular complexity index is 464. The van der Waals surface area contributed by atoms with Crippen LogP contribution in [0.15, 0.2) is 30.3 Å². The van der Waals surface area contributed by atoms with E-state index in [1.165, 1.54) is 4.90 Å². The fraction of sp³-hybridized carbons (Fsp3) is 0.467. The van der Waals surface area contributed by atoms with Crippen LogP contribution in [0.5, 0.6) is 0 Å². The number of nitrogens with zero attached hydrogens (tertiary/aromatic N) is 1. The second kappa shape index (κ2) is 7.64. The number of hydrogen-bond acceptors (Lipinski definition) is 5. The molecule has 0 bridgehead atoms. The van der Waals surface area contributed by atoms with Gasteiger partial charge in [0.1, 0.15) is 6.61 Å². The third-order valence-electron chi connectivity index (χ3n) is 3.39. The van der Waals surface area contributed by atoms with Crippen molar-refractivity contribution in [1.82, 2.24) is 4.90 Å². The van der Waals surface area contributed by atoms with Crippen LogP contribution < -0.4 is 0 Å². The summed E-state index contributed by atoms with van der Waals surface area (Å²) < 4.78 is 15.3. The van der Waals surface area contributed by atoms with Gasteiger partial charge in [0.05, 0.1) is 6.61 Å². The fourth-order valence-corrected chi connectivity index (χ4v) is 2.43. The van der Waals surface area contributed by atoms with E-state index < -0.39 is 12.3 Å². The molecule has 6 heteroatoms. The van der Waals surface area contributed by atoms with Gasteiger partial charge in [-0.05, 0) is 5.56 Å². The Morgan fingerprint density at radius 2 is 2.14 bits per heavy atom. The number of carbonyl (C=O) groups excluding carboxylic acids is 2. The lowest BCUT2D eigenvalue weighted by Gasteiger charge is -2.22. The largest absolute Gasteiger partial charge is 0.444 e. The maximum atomic E-state index is 12.1. The van der Waals surface area contributed by atoms with Crippen LogP contribution in [-0.2, 0) is 25.6 Å². The summed E-state index contributed by atoms with van der Waals surface area (Å²) in [5.74, 6) is 0.143. The summed E-state index contributed by atoms with van der Waals surface area (Å²) >= 11 is 0. The second-order valence-electron chi connectivity index (χ2n) is 4.94. The first kappa shape index (κ1) is 15.3. The Hall–Kier alpha value is -2.08. The van der Waals surface area contributed by atoms with Crippen LogP contribution in [0.25, 0.3) is 0 Å². The van der Waals surface area contributed by atoms with Crippen molar-refractivity contribution in [2.45, 2.75) is 19.3 Å². The molecule has 1 aromatic rings. The molecule has 0 unspecified atom stereocenters. The first-order valence-electron chi connectivity index (χ1n) is 6.80. The molecule has 0 spiro atoms. The smallest absolute Gasteiger partial charge is 0.413 e. The maximum absolute atomic E-state index is 12.1. The molecular weight excluding hydrogens is 274 g/mol. The van der Waals surface area contributed by atoms with Crippen LogP contribution in [0.3, 0.4) is 0 Å². The normalized spacial score (nSPS) is 21.1. The minimum atomic E-state index is -0.578. The summed E-state index contributed by atoms with van der Waals surface area (Å²) in [6.45, 7) is 1.53. The molecule has 0 N–H and O–H groups in total. The highest BCUT2D eigenvalue weighted by Gasteiger charge is 2.37.